The fourth-order valence-corrected chi connectivity index (χ4v) is 1.88. The van der Waals surface area contributed by atoms with Gasteiger partial charge in [0.15, 0.2) is 0 Å². The first kappa shape index (κ1) is 15.5. The molecule has 2 atom stereocenters. The van der Waals surface area contributed by atoms with Gasteiger partial charge >= 0.3 is 11.8 Å². The summed E-state index contributed by atoms with van der Waals surface area (Å²) in [6, 6.07) is 0. The monoisotopic (exact) mass is 296 g/mol. The molecule has 0 bridgehead atoms. The van der Waals surface area contributed by atoms with Crippen molar-refractivity contribution in [1.82, 2.24) is 0 Å². The average Bonchev–Trinajstić information content (AvgIpc) is 3.03. The largest absolute Gasteiger partial charge is 0.453 e. The minimum Gasteiger partial charge on any atom is -0.453 e. The molecule has 0 saturated carbocycles. The van der Waals surface area contributed by atoms with Crippen LogP contribution in [0.2, 0.25) is 0 Å². The van der Waals surface area contributed by atoms with Crippen LogP contribution < -0.4 is 0 Å². The summed E-state index contributed by atoms with van der Waals surface area (Å²) in [4.78, 5) is 11.8. The highest BCUT2D eigenvalue weighted by atomic mass is 16.7. The Kier molecular flexibility index (Phi) is 4.76. The van der Waals surface area contributed by atoms with Crippen LogP contribution >= 0.6 is 0 Å². The molecular weight excluding hydrogens is 280 g/mol. The topological polar surface area (TPSA) is 44.8 Å². The van der Waals surface area contributed by atoms with Crippen LogP contribution in [0.4, 0.5) is 0 Å². The maximum Gasteiger partial charge on any atom is 0.331 e. The van der Waals surface area contributed by atoms with Crippen molar-refractivity contribution in [3.8, 4) is 23.7 Å². The molecule has 0 N–H and O–H groups in total. The second-order valence-corrected chi connectivity index (χ2v) is 4.87. The maximum atomic E-state index is 11.8. The minimum absolute atomic E-state index is 0.438. The Bertz CT molecular complexity index is 697. The quantitative estimate of drug-likeness (QED) is 0.446. The van der Waals surface area contributed by atoms with Gasteiger partial charge in [-0.2, -0.15) is 0 Å². The first-order chi connectivity index (χ1) is 10.6. The zero-order chi connectivity index (χ0) is 16.0. The van der Waals surface area contributed by atoms with Crippen molar-refractivity contribution >= 4 is 5.97 Å². The van der Waals surface area contributed by atoms with Gasteiger partial charge in [-0.15, -0.1) is 0 Å². The fourth-order valence-electron chi connectivity index (χ4n) is 1.88. The molecule has 0 aromatic heterocycles. The molecule has 4 nitrogen and oxygen atoms in total. The van der Waals surface area contributed by atoms with Crippen molar-refractivity contribution in [3.63, 3.8) is 0 Å². The number of ether oxygens (including phenoxy) is 3. The van der Waals surface area contributed by atoms with E-state index in [2.05, 4.69) is 23.7 Å². The Labute approximate surface area is 130 Å². The third-order valence-electron chi connectivity index (χ3n) is 2.78. The lowest BCUT2D eigenvalue weighted by atomic mass is 10.1. The van der Waals surface area contributed by atoms with Crippen molar-refractivity contribution in [2.45, 2.75) is 32.7 Å². The van der Waals surface area contributed by atoms with Crippen LogP contribution in [0.1, 0.15) is 20.8 Å². The van der Waals surface area contributed by atoms with Gasteiger partial charge in [0.1, 0.15) is 5.76 Å². The van der Waals surface area contributed by atoms with Gasteiger partial charge in [-0.25, -0.2) is 4.79 Å². The summed E-state index contributed by atoms with van der Waals surface area (Å²) in [5.41, 5.74) is 0.859. The molecule has 2 rings (SSSR count). The predicted octanol–water partition coefficient (Wildman–Crippen LogP) is 2.60. The lowest BCUT2D eigenvalue weighted by molar-refractivity contribution is -0.187. The minimum atomic E-state index is -1.14. The van der Waals surface area contributed by atoms with E-state index in [1.165, 1.54) is 12.3 Å². The molecule has 22 heavy (non-hydrogen) atoms. The van der Waals surface area contributed by atoms with Gasteiger partial charge in [-0.3, -0.25) is 0 Å². The Morgan fingerprint density at radius 1 is 1.41 bits per heavy atom. The first-order valence-corrected chi connectivity index (χ1v) is 6.76. The van der Waals surface area contributed by atoms with E-state index >= 15 is 0 Å². The molecule has 2 aliphatic heterocycles. The van der Waals surface area contributed by atoms with E-state index in [4.69, 9.17) is 14.2 Å². The smallest absolute Gasteiger partial charge is 0.331 e. The summed E-state index contributed by atoms with van der Waals surface area (Å²) in [5, 5.41) is 0. The molecule has 1 spiro atoms. The molecule has 0 radical (unpaired) electrons. The predicted molar refractivity (Wildman–Crippen MR) is 81.8 cm³/mol. The van der Waals surface area contributed by atoms with Crippen molar-refractivity contribution in [2.24, 2.45) is 0 Å². The molecule has 112 valence electrons. The maximum absolute atomic E-state index is 11.8. The molecule has 0 saturated heterocycles. The molecule has 0 amide bonds. The third-order valence-corrected chi connectivity index (χ3v) is 2.78. The molecule has 0 aliphatic carbocycles. The van der Waals surface area contributed by atoms with Gasteiger partial charge in [0.25, 0.3) is 0 Å². The molecule has 0 aromatic rings. The molecule has 2 aliphatic rings. The molecule has 0 fully saturated rings. The van der Waals surface area contributed by atoms with Crippen molar-refractivity contribution < 1.29 is 19.0 Å². The van der Waals surface area contributed by atoms with Crippen molar-refractivity contribution in [3.05, 3.63) is 48.0 Å². The summed E-state index contributed by atoms with van der Waals surface area (Å²) in [6.45, 7) is 5.36. The average molecular weight is 296 g/mol. The van der Waals surface area contributed by atoms with E-state index in [1.807, 2.05) is 13.8 Å². The Morgan fingerprint density at radius 3 is 2.95 bits per heavy atom. The highest BCUT2D eigenvalue weighted by Gasteiger charge is 2.48. The first-order valence-electron chi connectivity index (χ1n) is 6.76. The van der Waals surface area contributed by atoms with Gasteiger partial charge in [0.2, 0.25) is 6.10 Å². The van der Waals surface area contributed by atoms with E-state index in [9.17, 15) is 4.79 Å². The summed E-state index contributed by atoms with van der Waals surface area (Å²) in [6.07, 6.45) is 8.88. The second kappa shape index (κ2) is 6.74. The van der Waals surface area contributed by atoms with E-state index in [1.54, 1.807) is 31.2 Å². The third kappa shape index (κ3) is 3.62. The van der Waals surface area contributed by atoms with Gasteiger partial charge < -0.3 is 14.2 Å². The van der Waals surface area contributed by atoms with Crippen molar-refractivity contribution in [1.29, 1.82) is 0 Å². The number of hydrogen-bond acceptors (Lipinski definition) is 4. The second-order valence-electron chi connectivity index (χ2n) is 4.87. The summed E-state index contributed by atoms with van der Waals surface area (Å²) < 4.78 is 16.6. The van der Waals surface area contributed by atoms with Gasteiger partial charge in [-0.05, 0) is 44.8 Å². The molecule has 0 unspecified atom stereocenters. The molecular formula is C18H16O4. The number of carbonyl (C=O) groups is 1. The number of rotatable bonds is 2. The van der Waals surface area contributed by atoms with E-state index in [0.717, 1.165) is 5.57 Å². The van der Waals surface area contributed by atoms with Crippen LogP contribution in [0.3, 0.4) is 0 Å². The van der Waals surface area contributed by atoms with Gasteiger partial charge in [-0.1, -0.05) is 17.4 Å². The molecule has 0 aromatic carbocycles. The lowest BCUT2D eigenvalue weighted by Gasteiger charge is -2.27. The van der Waals surface area contributed by atoms with Crippen LogP contribution in [0.25, 0.3) is 0 Å². The molecule has 4 heteroatoms. The standard InChI is InChI=1S/C18H16O4/c1-4-5-6-7-8-15-9-11-18(22-15)16(10-12-20-18)21-17(19)13-14(2)3/h8-13,16H,1-3H3/b15-8+/t16-,18+/m0/s1. The van der Waals surface area contributed by atoms with Crippen LogP contribution in [0, 0.1) is 23.7 Å². The number of carbonyl (C=O) groups excluding carboxylic acids is 1. The van der Waals surface area contributed by atoms with Crippen LogP contribution in [-0.4, -0.2) is 17.9 Å². The zero-order valence-electron chi connectivity index (χ0n) is 12.7. The number of allylic oxidation sites excluding steroid dienone is 3. The lowest BCUT2D eigenvalue weighted by Crippen LogP contribution is -2.40. The summed E-state index contributed by atoms with van der Waals surface area (Å²) in [5.74, 6) is 9.67. The van der Waals surface area contributed by atoms with Crippen LogP contribution in [-0.2, 0) is 19.0 Å². The van der Waals surface area contributed by atoms with E-state index in [-0.39, 0.29) is 0 Å². The van der Waals surface area contributed by atoms with Crippen LogP contribution in [0.5, 0.6) is 0 Å². The Morgan fingerprint density at radius 2 is 2.23 bits per heavy atom. The van der Waals surface area contributed by atoms with Gasteiger partial charge in [0.05, 0.1) is 6.26 Å². The summed E-state index contributed by atoms with van der Waals surface area (Å²) in [7, 11) is 0. The normalized spacial score (nSPS) is 25.6. The number of hydrogen-bond donors (Lipinski definition) is 0. The van der Waals surface area contributed by atoms with E-state index in [0.29, 0.717) is 5.76 Å². The van der Waals surface area contributed by atoms with Gasteiger partial charge in [0, 0.05) is 18.2 Å². The zero-order valence-corrected chi connectivity index (χ0v) is 12.7. The van der Waals surface area contributed by atoms with E-state index < -0.39 is 17.9 Å². The molecule has 2 heterocycles. The van der Waals surface area contributed by atoms with Crippen LogP contribution in [0.15, 0.2) is 48.0 Å². The fraction of sp³-hybridized carbons (Fsp3) is 0.278. The highest BCUT2D eigenvalue weighted by Crippen LogP contribution is 2.36. The Hall–Kier alpha value is -2.85. The highest BCUT2D eigenvalue weighted by molar-refractivity contribution is 5.83. The number of esters is 1. The summed E-state index contributed by atoms with van der Waals surface area (Å²) >= 11 is 0. The van der Waals surface area contributed by atoms with Crippen molar-refractivity contribution in [2.75, 3.05) is 0 Å². The Balaban J connectivity index is 2.07. The SMILES string of the molecule is CC#CC#C/C=C1\C=C[C@@]2(OC=C[C@@H]2OC(=O)C=C(C)C)O1.